The Bertz CT molecular complexity index is 1800. The van der Waals surface area contributed by atoms with Crippen LogP contribution < -0.4 is 0 Å². The van der Waals surface area contributed by atoms with E-state index in [1.54, 1.807) is 23.7 Å². The van der Waals surface area contributed by atoms with Crippen molar-refractivity contribution in [2.75, 3.05) is 0 Å². The minimum atomic E-state index is 0.409. The number of rotatable bonds is 2. The molecule has 6 aromatic rings. The third kappa shape index (κ3) is 3.11. The number of fused-ring (bicyclic) bond motifs is 5. The molecule has 0 fully saturated rings. The van der Waals surface area contributed by atoms with E-state index in [4.69, 9.17) is 0 Å². The Morgan fingerprint density at radius 3 is 2.03 bits per heavy atom. The van der Waals surface area contributed by atoms with Crippen LogP contribution in [0.5, 0.6) is 0 Å². The number of hydrogen-bond donors (Lipinski definition) is 0. The third-order valence-corrected chi connectivity index (χ3v) is 6.97. The van der Waals surface area contributed by atoms with E-state index >= 15 is 0 Å². The summed E-state index contributed by atoms with van der Waals surface area (Å²) in [7, 11) is 0. The molecule has 152 valence electrons. The highest BCUT2D eigenvalue weighted by Crippen LogP contribution is 2.43. The van der Waals surface area contributed by atoms with Crippen LogP contribution in [0.3, 0.4) is 0 Å². The Kier molecular flexibility index (Phi) is 4.36. The van der Waals surface area contributed by atoms with Crippen molar-refractivity contribution in [2.24, 2.45) is 0 Å². The van der Waals surface area contributed by atoms with E-state index in [9.17, 15) is 10.5 Å². The summed E-state index contributed by atoms with van der Waals surface area (Å²) in [5, 5.41) is 23.3. The Hall–Kier alpha value is -4.58. The Labute approximate surface area is 193 Å². The standard InChI is InChI=1S/C28H14N4S/c29-15-20-11-18(7-9-31-20)17-5-6-24-26(13-17)33-27-14-25(19-8-10-32-21(12-19)16-30)22-3-1-2-4-23(22)28(24)27/h1-14H. The first-order valence-electron chi connectivity index (χ1n) is 10.4. The molecule has 0 aliphatic rings. The lowest BCUT2D eigenvalue weighted by atomic mass is 9.95. The molecule has 0 atom stereocenters. The number of thiophene rings is 1. The molecule has 3 heterocycles. The van der Waals surface area contributed by atoms with Crippen LogP contribution in [0.25, 0.3) is 53.2 Å². The second-order valence-corrected chi connectivity index (χ2v) is 8.82. The van der Waals surface area contributed by atoms with E-state index in [2.05, 4.69) is 64.6 Å². The first-order chi connectivity index (χ1) is 16.2. The molecule has 33 heavy (non-hydrogen) atoms. The lowest BCUT2D eigenvalue weighted by Gasteiger charge is -2.09. The predicted molar refractivity (Wildman–Crippen MR) is 133 cm³/mol. The number of pyridine rings is 2. The van der Waals surface area contributed by atoms with Crippen LogP contribution >= 0.6 is 11.3 Å². The number of hydrogen-bond acceptors (Lipinski definition) is 5. The Morgan fingerprint density at radius 2 is 1.27 bits per heavy atom. The summed E-state index contributed by atoms with van der Waals surface area (Å²) in [5.41, 5.74) is 4.94. The van der Waals surface area contributed by atoms with Gasteiger partial charge in [-0.05, 0) is 69.4 Å². The fraction of sp³-hybridized carbons (Fsp3) is 0. The number of nitriles is 2. The normalized spacial score (nSPS) is 11.0. The van der Waals surface area contributed by atoms with Gasteiger partial charge < -0.3 is 0 Å². The van der Waals surface area contributed by atoms with Gasteiger partial charge in [0.25, 0.3) is 0 Å². The summed E-state index contributed by atoms with van der Waals surface area (Å²) in [6.45, 7) is 0. The zero-order valence-corrected chi connectivity index (χ0v) is 18.1. The predicted octanol–water partition coefficient (Wildman–Crippen LogP) is 7.08. The second-order valence-electron chi connectivity index (χ2n) is 7.74. The quantitative estimate of drug-likeness (QED) is 0.290. The van der Waals surface area contributed by atoms with Crippen molar-refractivity contribution in [3.8, 4) is 34.4 Å². The summed E-state index contributed by atoms with van der Waals surface area (Å²) in [4.78, 5) is 8.21. The highest BCUT2D eigenvalue weighted by atomic mass is 32.1. The molecule has 0 spiro atoms. The average molecular weight is 439 g/mol. The van der Waals surface area contributed by atoms with Crippen LogP contribution in [0, 0.1) is 22.7 Å². The molecule has 0 saturated heterocycles. The lowest BCUT2D eigenvalue weighted by molar-refractivity contribution is 1.27. The van der Waals surface area contributed by atoms with E-state index < -0.39 is 0 Å². The first kappa shape index (κ1) is 19.1. The molecule has 0 amide bonds. The number of nitrogens with zero attached hydrogens (tertiary/aromatic N) is 4. The smallest absolute Gasteiger partial charge is 0.141 e. The van der Waals surface area contributed by atoms with Gasteiger partial charge in [-0.3, -0.25) is 0 Å². The molecule has 3 aromatic carbocycles. The van der Waals surface area contributed by atoms with Crippen LogP contribution in [-0.4, -0.2) is 9.97 Å². The van der Waals surface area contributed by atoms with Gasteiger partial charge in [-0.2, -0.15) is 10.5 Å². The minimum Gasteiger partial charge on any atom is -0.246 e. The zero-order valence-electron chi connectivity index (χ0n) is 17.3. The van der Waals surface area contributed by atoms with Gasteiger partial charge in [0.05, 0.1) is 0 Å². The van der Waals surface area contributed by atoms with Crippen LogP contribution in [0.1, 0.15) is 11.4 Å². The van der Waals surface area contributed by atoms with Gasteiger partial charge in [0.2, 0.25) is 0 Å². The summed E-state index contributed by atoms with van der Waals surface area (Å²) >= 11 is 1.75. The molecule has 0 bridgehead atoms. The van der Waals surface area contributed by atoms with E-state index in [1.165, 1.54) is 25.6 Å². The zero-order chi connectivity index (χ0) is 22.4. The molecule has 0 radical (unpaired) electrons. The summed E-state index contributed by atoms with van der Waals surface area (Å²) in [5.74, 6) is 0. The maximum absolute atomic E-state index is 9.31. The second kappa shape index (κ2) is 7.53. The van der Waals surface area contributed by atoms with Gasteiger partial charge in [-0.15, -0.1) is 11.3 Å². The van der Waals surface area contributed by atoms with Crippen molar-refractivity contribution in [3.63, 3.8) is 0 Å². The molecule has 0 aliphatic heterocycles. The first-order valence-corrected chi connectivity index (χ1v) is 11.2. The molecule has 0 saturated carbocycles. The molecular weight excluding hydrogens is 424 g/mol. The van der Waals surface area contributed by atoms with Crippen LogP contribution in [-0.2, 0) is 0 Å². The molecule has 6 rings (SSSR count). The van der Waals surface area contributed by atoms with Crippen LogP contribution in [0.2, 0.25) is 0 Å². The Morgan fingerprint density at radius 1 is 0.606 bits per heavy atom. The van der Waals surface area contributed by atoms with Gasteiger partial charge in [0.15, 0.2) is 0 Å². The van der Waals surface area contributed by atoms with Gasteiger partial charge in [0, 0.05) is 32.6 Å². The highest BCUT2D eigenvalue weighted by molar-refractivity contribution is 7.26. The largest absolute Gasteiger partial charge is 0.246 e. The summed E-state index contributed by atoms with van der Waals surface area (Å²) < 4.78 is 2.38. The maximum atomic E-state index is 9.31. The molecule has 0 unspecified atom stereocenters. The summed E-state index contributed by atoms with van der Waals surface area (Å²) in [6.07, 6.45) is 3.36. The molecule has 3 aromatic heterocycles. The highest BCUT2D eigenvalue weighted by Gasteiger charge is 2.14. The van der Waals surface area contributed by atoms with Gasteiger partial charge >= 0.3 is 0 Å². The van der Waals surface area contributed by atoms with E-state index in [0.29, 0.717) is 11.4 Å². The van der Waals surface area contributed by atoms with Crippen molar-refractivity contribution < 1.29 is 0 Å². The van der Waals surface area contributed by atoms with Crippen molar-refractivity contribution in [1.29, 1.82) is 10.5 Å². The van der Waals surface area contributed by atoms with Gasteiger partial charge in [0.1, 0.15) is 23.5 Å². The van der Waals surface area contributed by atoms with Crippen LogP contribution in [0.15, 0.2) is 85.2 Å². The van der Waals surface area contributed by atoms with E-state index in [0.717, 1.165) is 27.6 Å². The van der Waals surface area contributed by atoms with Crippen molar-refractivity contribution in [2.45, 2.75) is 0 Å². The fourth-order valence-corrected chi connectivity index (χ4v) is 5.59. The topological polar surface area (TPSA) is 73.4 Å². The van der Waals surface area contributed by atoms with E-state index in [-0.39, 0.29) is 0 Å². The monoisotopic (exact) mass is 438 g/mol. The SMILES string of the molecule is N#Cc1cc(-c2ccc3c(c2)sc2cc(-c4ccnc(C#N)c4)c4ccccc4c23)ccn1. The molecule has 0 aliphatic carbocycles. The average Bonchev–Trinajstić information content (AvgIpc) is 3.26. The minimum absolute atomic E-state index is 0.409. The van der Waals surface area contributed by atoms with Crippen molar-refractivity contribution in [3.05, 3.63) is 96.6 Å². The number of benzene rings is 3. The van der Waals surface area contributed by atoms with Gasteiger partial charge in [-0.25, -0.2) is 9.97 Å². The lowest BCUT2D eigenvalue weighted by Crippen LogP contribution is -1.86. The molecule has 0 N–H and O–H groups in total. The van der Waals surface area contributed by atoms with Crippen molar-refractivity contribution >= 4 is 42.3 Å². The van der Waals surface area contributed by atoms with E-state index in [1.807, 2.05) is 30.3 Å². The molecule has 4 nitrogen and oxygen atoms in total. The fourth-order valence-electron chi connectivity index (χ4n) is 4.39. The van der Waals surface area contributed by atoms with Gasteiger partial charge in [-0.1, -0.05) is 36.4 Å². The van der Waals surface area contributed by atoms with Crippen LogP contribution in [0.4, 0.5) is 0 Å². The molecule has 5 heteroatoms. The number of aromatic nitrogens is 2. The maximum Gasteiger partial charge on any atom is 0.141 e. The summed E-state index contributed by atoms with van der Waals surface area (Å²) in [6, 6.07) is 28.9. The Balaban J connectivity index is 1.63. The molecular formula is C28H14N4S. The third-order valence-electron chi connectivity index (χ3n) is 5.87. The van der Waals surface area contributed by atoms with Crippen molar-refractivity contribution in [1.82, 2.24) is 9.97 Å².